The van der Waals surface area contributed by atoms with E-state index < -0.39 is 0 Å². The van der Waals surface area contributed by atoms with Gasteiger partial charge in [-0.2, -0.15) is 0 Å². The second kappa shape index (κ2) is 9.32. The highest BCUT2D eigenvalue weighted by atomic mass is 32.2. The minimum Gasteiger partial charge on any atom is -0.356 e. The molecule has 4 atom stereocenters. The maximum absolute atomic E-state index is 12.8. The molecule has 0 spiro atoms. The Kier molecular flexibility index (Phi) is 6.57. The summed E-state index contributed by atoms with van der Waals surface area (Å²) in [5.74, 6) is 0.198. The number of carbonyl (C=O) groups is 2. The number of fused-ring (bicyclic) bond motifs is 1. The SMILES string of the molecule is CCCCNC(=O)C1CCCN(C2NC(=O)C3SC=C(c4ccccc4)C3N2)C1. The highest BCUT2D eigenvalue weighted by Crippen LogP contribution is 2.38. The zero-order valence-corrected chi connectivity index (χ0v) is 17.7. The number of thioether (sulfide) groups is 1. The van der Waals surface area contributed by atoms with E-state index in [0.717, 1.165) is 44.3 Å². The fraction of sp³-hybridized carbons (Fsp3) is 0.545. The van der Waals surface area contributed by atoms with Crippen LogP contribution in [0.1, 0.15) is 38.2 Å². The van der Waals surface area contributed by atoms with Gasteiger partial charge < -0.3 is 10.6 Å². The van der Waals surface area contributed by atoms with Crippen molar-refractivity contribution in [1.82, 2.24) is 20.9 Å². The Bertz CT molecular complexity index is 769. The average molecular weight is 415 g/mol. The van der Waals surface area contributed by atoms with Crippen LogP contribution in [0, 0.1) is 5.92 Å². The highest BCUT2D eigenvalue weighted by Gasteiger charge is 2.44. The molecule has 7 heteroatoms. The van der Waals surface area contributed by atoms with E-state index in [2.05, 4.69) is 45.3 Å². The summed E-state index contributed by atoms with van der Waals surface area (Å²) in [7, 11) is 0. The lowest BCUT2D eigenvalue weighted by Crippen LogP contribution is -2.69. The summed E-state index contributed by atoms with van der Waals surface area (Å²) in [4.78, 5) is 27.5. The molecule has 0 aromatic heterocycles. The molecule has 29 heavy (non-hydrogen) atoms. The van der Waals surface area contributed by atoms with Crippen molar-refractivity contribution in [1.29, 1.82) is 0 Å². The molecule has 2 fully saturated rings. The van der Waals surface area contributed by atoms with Gasteiger partial charge in [0.2, 0.25) is 11.8 Å². The fourth-order valence-electron chi connectivity index (χ4n) is 4.34. The van der Waals surface area contributed by atoms with Crippen LogP contribution in [0.25, 0.3) is 5.57 Å². The van der Waals surface area contributed by atoms with Crippen LogP contribution < -0.4 is 16.0 Å². The summed E-state index contributed by atoms with van der Waals surface area (Å²) in [5.41, 5.74) is 2.33. The van der Waals surface area contributed by atoms with E-state index in [0.29, 0.717) is 6.54 Å². The Morgan fingerprint density at radius 2 is 2.14 bits per heavy atom. The van der Waals surface area contributed by atoms with Crippen molar-refractivity contribution in [3.05, 3.63) is 41.3 Å². The molecular formula is C22H30N4O2S. The number of piperidine rings is 1. The first kappa shape index (κ1) is 20.4. The molecule has 4 rings (SSSR count). The zero-order chi connectivity index (χ0) is 20.2. The summed E-state index contributed by atoms with van der Waals surface area (Å²) in [6.45, 7) is 4.42. The number of hydrogen-bond acceptors (Lipinski definition) is 5. The van der Waals surface area contributed by atoms with Gasteiger partial charge in [0.05, 0.1) is 12.0 Å². The van der Waals surface area contributed by atoms with Crippen molar-refractivity contribution in [3.63, 3.8) is 0 Å². The van der Waals surface area contributed by atoms with Crippen LogP contribution in [0.15, 0.2) is 35.7 Å². The van der Waals surface area contributed by atoms with E-state index in [-0.39, 0.29) is 35.3 Å². The zero-order valence-electron chi connectivity index (χ0n) is 16.9. The number of rotatable bonds is 6. The van der Waals surface area contributed by atoms with Crippen LogP contribution in [0.5, 0.6) is 0 Å². The monoisotopic (exact) mass is 414 g/mol. The van der Waals surface area contributed by atoms with Gasteiger partial charge in [0.25, 0.3) is 0 Å². The minimum absolute atomic E-state index is 0.0140. The van der Waals surface area contributed by atoms with E-state index in [9.17, 15) is 9.59 Å². The summed E-state index contributed by atoms with van der Waals surface area (Å²) in [6.07, 6.45) is 3.72. The van der Waals surface area contributed by atoms with Gasteiger partial charge in [-0.05, 0) is 35.8 Å². The predicted molar refractivity (Wildman–Crippen MR) is 117 cm³/mol. The van der Waals surface area contributed by atoms with Crippen molar-refractivity contribution in [2.24, 2.45) is 5.92 Å². The third kappa shape index (κ3) is 4.52. The molecule has 3 aliphatic rings. The number of unbranched alkanes of at least 4 members (excludes halogenated alkanes) is 1. The summed E-state index contributed by atoms with van der Waals surface area (Å²) < 4.78 is 0. The molecule has 6 nitrogen and oxygen atoms in total. The topological polar surface area (TPSA) is 73.5 Å². The van der Waals surface area contributed by atoms with Crippen LogP contribution in [0.2, 0.25) is 0 Å². The van der Waals surface area contributed by atoms with Gasteiger partial charge in [-0.15, -0.1) is 11.8 Å². The van der Waals surface area contributed by atoms with Crippen LogP contribution in [-0.4, -0.2) is 53.9 Å². The maximum Gasteiger partial charge on any atom is 0.237 e. The van der Waals surface area contributed by atoms with Gasteiger partial charge in [0.1, 0.15) is 11.5 Å². The van der Waals surface area contributed by atoms with Gasteiger partial charge in [-0.3, -0.25) is 19.8 Å². The molecule has 4 unspecified atom stereocenters. The van der Waals surface area contributed by atoms with Crippen molar-refractivity contribution in [2.45, 2.75) is 50.2 Å². The van der Waals surface area contributed by atoms with E-state index >= 15 is 0 Å². The van der Waals surface area contributed by atoms with Gasteiger partial charge in [0, 0.05) is 19.6 Å². The summed E-state index contributed by atoms with van der Waals surface area (Å²) in [5, 5.41) is 11.8. The molecule has 1 aromatic rings. The van der Waals surface area contributed by atoms with Gasteiger partial charge in [-0.25, -0.2) is 0 Å². The lowest BCUT2D eigenvalue weighted by molar-refractivity contribution is -0.129. The van der Waals surface area contributed by atoms with Crippen LogP contribution in [0.3, 0.4) is 0 Å². The fourth-order valence-corrected chi connectivity index (χ4v) is 5.49. The minimum atomic E-state index is -0.235. The van der Waals surface area contributed by atoms with Crippen molar-refractivity contribution < 1.29 is 9.59 Å². The van der Waals surface area contributed by atoms with Crippen LogP contribution in [-0.2, 0) is 9.59 Å². The quantitative estimate of drug-likeness (QED) is 0.622. The molecule has 0 radical (unpaired) electrons. The summed E-state index contributed by atoms with van der Waals surface area (Å²) in [6, 6.07) is 10.2. The Labute approximate surface area is 176 Å². The third-order valence-electron chi connectivity index (χ3n) is 5.98. The number of nitrogens with zero attached hydrogens (tertiary/aromatic N) is 1. The van der Waals surface area contributed by atoms with Gasteiger partial charge in [-0.1, -0.05) is 43.7 Å². The Morgan fingerprint density at radius 3 is 2.93 bits per heavy atom. The third-order valence-corrected chi connectivity index (χ3v) is 7.15. The Morgan fingerprint density at radius 1 is 1.31 bits per heavy atom. The number of likely N-dealkylation sites (tertiary alicyclic amines) is 1. The van der Waals surface area contributed by atoms with Crippen LogP contribution >= 0.6 is 11.8 Å². The first-order chi connectivity index (χ1) is 14.2. The first-order valence-electron chi connectivity index (χ1n) is 10.7. The standard InChI is InChI=1S/C22H30N4O2S/c1-2-3-11-23-20(27)16-10-7-12-26(13-16)22-24-18-17(15-8-5-4-6-9-15)14-29-19(18)21(28)25-22/h4-6,8-9,14,16,18-19,22,24H,2-3,7,10-13H2,1H3,(H,23,27)(H,25,28). The lowest BCUT2D eigenvalue weighted by Gasteiger charge is -2.43. The second-order valence-corrected chi connectivity index (χ2v) is 9.05. The van der Waals surface area contributed by atoms with Gasteiger partial charge >= 0.3 is 0 Å². The predicted octanol–water partition coefficient (Wildman–Crippen LogP) is 2.14. The number of benzene rings is 1. The molecular weight excluding hydrogens is 384 g/mol. The molecule has 3 heterocycles. The summed E-state index contributed by atoms with van der Waals surface area (Å²) >= 11 is 1.58. The normalized spacial score (nSPS) is 29.7. The number of carbonyl (C=O) groups excluding carboxylic acids is 2. The number of hydrogen-bond donors (Lipinski definition) is 3. The molecule has 1 aromatic carbocycles. The second-order valence-electron chi connectivity index (χ2n) is 8.03. The highest BCUT2D eigenvalue weighted by molar-refractivity contribution is 8.04. The van der Waals surface area contributed by atoms with Crippen molar-refractivity contribution in [2.75, 3.05) is 19.6 Å². The lowest BCUT2D eigenvalue weighted by atomic mass is 9.94. The molecule has 0 bridgehead atoms. The van der Waals surface area contributed by atoms with E-state index in [1.54, 1.807) is 11.8 Å². The molecule has 2 saturated heterocycles. The molecule has 0 saturated carbocycles. The van der Waals surface area contributed by atoms with E-state index in [1.807, 2.05) is 18.2 Å². The number of amides is 2. The van der Waals surface area contributed by atoms with Crippen LogP contribution in [0.4, 0.5) is 0 Å². The smallest absolute Gasteiger partial charge is 0.237 e. The number of nitrogens with one attached hydrogen (secondary N) is 3. The molecule has 2 amide bonds. The molecule has 0 aliphatic carbocycles. The van der Waals surface area contributed by atoms with E-state index in [1.165, 1.54) is 5.57 Å². The Balaban J connectivity index is 1.42. The average Bonchev–Trinajstić information content (AvgIpc) is 3.19. The maximum atomic E-state index is 12.8. The van der Waals surface area contributed by atoms with Crippen molar-refractivity contribution >= 4 is 29.1 Å². The van der Waals surface area contributed by atoms with Crippen molar-refractivity contribution in [3.8, 4) is 0 Å². The largest absolute Gasteiger partial charge is 0.356 e. The molecule has 156 valence electrons. The first-order valence-corrected chi connectivity index (χ1v) is 11.6. The van der Waals surface area contributed by atoms with Gasteiger partial charge in [0.15, 0.2) is 0 Å². The molecule has 3 N–H and O–H groups in total. The Hall–Kier alpha value is -1.83. The van der Waals surface area contributed by atoms with E-state index in [4.69, 9.17) is 0 Å². The molecule has 3 aliphatic heterocycles.